The van der Waals surface area contributed by atoms with E-state index in [1.54, 1.807) is 12.1 Å². The maximum absolute atomic E-state index is 12.2. The highest BCUT2D eigenvalue weighted by atomic mass is 79.9. The van der Waals surface area contributed by atoms with Gasteiger partial charge >= 0.3 is 6.03 Å². The molecule has 8 heteroatoms. The predicted molar refractivity (Wildman–Crippen MR) is 86.2 cm³/mol. The number of nitrogens with zero attached hydrogens (tertiary/aromatic N) is 2. The van der Waals surface area contributed by atoms with E-state index in [4.69, 9.17) is 9.47 Å². The van der Waals surface area contributed by atoms with E-state index in [0.29, 0.717) is 21.5 Å². The van der Waals surface area contributed by atoms with E-state index >= 15 is 0 Å². The van der Waals surface area contributed by atoms with Crippen LogP contribution < -0.4 is 9.47 Å². The topological polar surface area (TPSA) is 76.2 Å². The molecule has 0 bridgehead atoms. The van der Waals surface area contributed by atoms with Gasteiger partial charge in [0.2, 0.25) is 0 Å². The lowest BCUT2D eigenvalue weighted by molar-refractivity contribution is -0.134. The van der Waals surface area contributed by atoms with Crippen molar-refractivity contribution in [1.29, 1.82) is 0 Å². The molecular formula is C15H15BrN2O5. The van der Waals surface area contributed by atoms with Gasteiger partial charge in [0.15, 0.2) is 11.5 Å². The van der Waals surface area contributed by atoms with E-state index in [9.17, 15) is 14.4 Å². The third-order valence-electron chi connectivity index (χ3n) is 3.42. The molecule has 1 aliphatic rings. The second-order valence-corrected chi connectivity index (χ2v) is 5.72. The van der Waals surface area contributed by atoms with E-state index < -0.39 is 17.8 Å². The number of hydrogen-bond donors (Lipinski definition) is 0. The van der Waals surface area contributed by atoms with Crippen LogP contribution in [-0.4, -0.2) is 56.0 Å². The molecule has 1 fully saturated rings. The van der Waals surface area contributed by atoms with Crippen LogP contribution in [0.2, 0.25) is 0 Å². The van der Waals surface area contributed by atoms with Gasteiger partial charge in [-0.3, -0.25) is 19.4 Å². The summed E-state index contributed by atoms with van der Waals surface area (Å²) in [4.78, 5) is 38.0. The van der Waals surface area contributed by atoms with E-state index in [0.717, 1.165) is 9.80 Å². The van der Waals surface area contributed by atoms with Crippen LogP contribution >= 0.6 is 15.9 Å². The molecule has 1 aromatic carbocycles. The summed E-state index contributed by atoms with van der Waals surface area (Å²) in [5, 5.41) is 0. The Morgan fingerprint density at radius 1 is 1.00 bits per heavy atom. The van der Waals surface area contributed by atoms with Crippen molar-refractivity contribution in [2.24, 2.45) is 0 Å². The van der Waals surface area contributed by atoms with Crippen molar-refractivity contribution < 1.29 is 23.9 Å². The Hall–Kier alpha value is -2.35. The number of hydrogen-bond acceptors (Lipinski definition) is 5. The number of halogens is 1. The van der Waals surface area contributed by atoms with E-state index in [1.165, 1.54) is 34.4 Å². The van der Waals surface area contributed by atoms with Crippen LogP contribution in [0, 0.1) is 0 Å². The molecule has 2 rings (SSSR count). The number of urea groups is 1. The van der Waals surface area contributed by atoms with Gasteiger partial charge in [0.1, 0.15) is 5.57 Å². The van der Waals surface area contributed by atoms with Crippen molar-refractivity contribution in [3.63, 3.8) is 0 Å². The fraction of sp³-hybridized carbons (Fsp3) is 0.267. The molecule has 0 aromatic heterocycles. The molecule has 1 aliphatic heterocycles. The zero-order valence-electron chi connectivity index (χ0n) is 13.0. The summed E-state index contributed by atoms with van der Waals surface area (Å²) in [6, 6.07) is 2.72. The quantitative estimate of drug-likeness (QED) is 0.589. The molecule has 1 saturated heterocycles. The smallest absolute Gasteiger partial charge is 0.333 e. The van der Waals surface area contributed by atoms with E-state index in [-0.39, 0.29) is 5.57 Å². The van der Waals surface area contributed by atoms with Crippen molar-refractivity contribution in [2.45, 2.75) is 0 Å². The highest BCUT2D eigenvalue weighted by Gasteiger charge is 2.38. The molecule has 0 radical (unpaired) electrons. The number of barbiturate groups is 1. The number of imide groups is 2. The molecule has 0 aliphatic carbocycles. The van der Waals surface area contributed by atoms with Gasteiger partial charge in [0.05, 0.1) is 14.2 Å². The minimum atomic E-state index is -0.670. The lowest BCUT2D eigenvalue weighted by Gasteiger charge is -2.29. The average molecular weight is 383 g/mol. The van der Waals surface area contributed by atoms with Crippen LogP contribution in [0.3, 0.4) is 0 Å². The summed E-state index contributed by atoms with van der Waals surface area (Å²) in [6.07, 6.45) is 1.39. The van der Waals surface area contributed by atoms with Crippen LogP contribution in [0.1, 0.15) is 5.56 Å². The van der Waals surface area contributed by atoms with Gasteiger partial charge in [-0.15, -0.1) is 0 Å². The van der Waals surface area contributed by atoms with Gasteiger partial charge in [-0.25, -0.2) is 4.79 Å². The fourth-order valence-corrected chi connectivity index (χ4v) is 2.65. The number of amides is 4. The third-order valence-corrected chi connectivity index (χ3v) is 3.87. The normalized spacial score (nSPS) is 15.2. The van der Waals surface area contributed by atoms with Crippen LogP contribution in [0.5, 0.6) is 11.5 Å². The first-order valence-electron chi connectivity index (χ1n) is 6.55. The third kappa shape index (κ3) is 2.94. The van der Waals surface area contributed by atoms with E-state index in [1.807, 2.05) is 0 Å². The molecule has 4 amide bonds. The summed E-state index contributed by atoms with van der Waals surface area (Å²) in [5.74, 6) is -0.508. The number of benzene rings is 1. The molecule has 0 spiro atoms. The lowest BCUT2D eigenvalue weighted by Crippen LogP contribution is -2.52. The maximum Gasteiger partial charge on any atom is 0.333 e. The summed E-state index contributed by atoms with van der Waals surface area (Å²) < 4.78 is 11.2. The van der Waals surface area contributed by atoms with Gasteiger partial charge in [0, 0.05) is 24.1 Å². The second-order valence-electron chi connectivity index (χ2n) is 4.80. The maximum atomic E-state index is 12.2. The molecule has 0 unspecified atom stereocenters. The van der Waals surface area contributed by atoms with Crippen molar-refractivity contribution in [3.8, 4) is 11.5 Å². The van der Waals surface area contributed by atoms with Crippen molar-refractivity contribution in [3.05, 3.63) is 27.7 Å². The monoisotopic (exact) mass is 382 g/mol. The van der Waals surface area contributed by atoms with Gasteiger partial charge in [-0.2, -0.15) is 0 Å². The number of methoxy groups -OCH3 is 2. The Kier molecular flexibility index (Phi) is 4.74. The molecular weight excluding hydrogens is 368 g/mol. The average Bonchev–Trinajstić information content (AvgIpc) is 2.54. The van der Waals surface area contributed by atoms with Crippen LogP contribution in [0.15, 0.2) is 22.2 Å². The first kappa shape index (κ1) is 17.0. The summed E-state index contributed by atoms with van der Waals surface area (Å²) in [7, 11) is 5.58. The van der Waals surface area contributed by atoms with Gasteiger partial charge in [-0.1, -0.05) is 15.9 Å². The zero-order valence-corrected chi connectivity index (χ0v) is 14.6. The first-order valence-corrected chi connectivity index (χ1v) is 7.34. The number of rotatable bonds is 3. The Bertz CT molecular complexity index is 703. The molecule has 23 heavy (non-hydrogen) atoms. The predicted octanol–water partition coefficient (Wildman–Crippen LogP) is 1.90. The fourth-order valence-electron chi connectivity index (χ4n) is 2.20. The van der Waals surface area contributed by atoms with Crippen molar-refractivity contribution >= 4 is 39.9 Å². The zero-order chi connectivity index (χ0) is 17.3. The molecule has 1 heterocycles. The van der Waals surface area contributed by atoms with Crippen LogP contribution in [-0.2, 0) is 9.59 Å². The number of ether oxygens (including phenoxy) is 2. The van der Waals surface area contributed by atoms with Crippen LogP contribution in [0.25, 0.3) is 6.08 Å². The second kappa shape index (κ2) is 6.41. The summed E-state index contributed by atoms with van der Waals surface area (Å²) in [6.45, 7) is 0. The highest BCUT2D eigenvalue weighted by molar-refractivity contribution is 9.10. The van der Waals surface area contributed by atoms with Gasteiger partial charge in [-0.05, 0) is 18.2 Å². The molecule has 0 saturated carbocycles. The largest absolute Gasteiger partial charge is 0.493 e. The SMILES string of the molecule is COc1cc(Br)cc(C=C2C(=O)N(C)C(=O)N(C)C2=O)c1OC. The number of carbonyl (C=O) groups is 3. The summed E-state index contributed by atoms with van der Waals surface area (Å²) >= 11 is 3.34. The minimum Gasteiger partial charge on any atom is -0.493 e. The Morgan fingerprint density at radius 2 is 1.57 bits per heavy atom. The molecule has 7 nitrogen and oxygen atoms in total. The van der Waals surface area contributed by atoms with E-state index in [2.05, 4.69) is 15.9 Å². The number of carbonyl (C=O) groups excluding carboxylic acids is 3. The lowest BCUT2D eigenvalue weighted by atomic mass is 10.1. The highest BCUT2D eigenvalue weighted by Crippen LogP contribution is 2.36. The van der Waals surface area contributed by atoms with Gasteiger partial charge in [0.25, 0.3) is 11.8 Å². The van der Waals surface area contributed by atoms with Crippen molar-refractivity contribution in [2.75, 3.05) is 28.3 Å². The Morgan fingerprint density at radius 3 is 2.04 bits per heavy atom. The Balaban J connectivity index is 2.61. The summed E-state index contributed by atoms with van der Waals surface area (Å²) in [5.41, 5.74) is 0.347. The molecule has 1 aromatic rings. The first-order chi connectivity index (χ1) is 10.8. The van der Waals surface area contributed by atoms with Gasteiger partial charge < -0.3 is 9.47 Å². The standard InChI is InChI=1S/C15H15BrN2O5/c1-17-13(19)10(14(20)18(2)15(17)21)6-8-5-9(16)7-11(22-3)12(8)23-4/h5-7H,1-4H3. The number of likely N-dealkylation sites (N-methyl/N-ethyl adjacent to an activating group) is 2. The minimum absolute atomic E-state index is 0.131. The van der Waals surface area contributed by atoms with Crippen molar-refractivity contribution in [1.82, 2.24) is 9.80 Å². The molecule has 122 valence electrons. The van der Waals surface area contributed by atoms with Crippen LogP contribution in [0.4, 0.5) is 4.79 Å². The molecule has 0 N–H and O–H groups in total. The Labute approximate surface area is 141 Å². The molecule has 0 atom stereocenters.